The minimum Gasteiger partial charge on any atom is -0.399 e. The van der Waals surface area contributed by atoms with Gasteiger partial charge in [0.05, 0.1) is 5.75 Å². The molecule has 0 heterocycles. The van der Waals surface area contributed by atoms with E-state index in [0.29, 0.717) is 11.6 Å². The van der Waals surface area contributed by atoms with Crippen LogP contribution < -0.4 is 5.73 Å². The van der Waals surface area contributed by atoms with Crippen molar-refractivity contribution in [2.75, 3.05) is 12.8 Å². The van der Waals surface area contributed by atoms with Crippen LogP contribution in [0, 0.1) is 5.92 Å². The van der Waals surface area contributed by atoms with E-state index in [-0.39, 0.29) is 11.8 Å². The van der Waals surface area contributed by atoms with Crippen LogP contribution in [0.25, 0.3) is 0 Å². The largest absolute Gasteiger partial charge is 0.399 e. The van der Waals surface area contributed by atoms with Gasteiger partial charge in [0.25, 0.3) is 0 Å². The van der Waals surface area contributed by atoms with Crippen LogP contribution in [0.5, 0.6) is 0 Å². The van der Waals surface area contributed by atoms with Gasteiger partial charge in [-0.25, -0.2) is 12.7 Å². The Hall–Kier alpha value is -1.07. The van der Waals surface area contributed by atoms with Gasteiger partial charge in [-0.15, -0.1) is 0 Å². The lowest BCUT2D eigenvalue weighted by Crippen LogP contribution is -2.40. The Balaban J connectivity index is 2.07. The van der Waals surface area contributed by atoms with Gasteiger partial charge in [-0.05, 0) is 36.5 Å². The Morgan fingerprint density at radius 3 is 2.50 bits per heavy atom. The van der Waals surface area contributed by atoms with E-state index >= 15 is 0 Å². The Morgan fingerprint density at radius 1 is 1.25 bits per heavy atom. The lowest BCUT2D eigenvalue weighted by atomic mass is 9.87. The van der Waals surface area contributed by atoms with Crippen LogP contribution in [-0.4, -0.2) is 25.8 Å². The zero-order valence-corrected chi connectivity index (χ0v) is 13.1. The summed E-state index contributed by atoms with van der Waals surface area (Å²) in [5, 5.41) is 0. The molecule has 1 aliphatic carbocycles. The molecule has 2 atom stereocenters. The molecular formula is C15H24N2O2S. The average Bonchev–Trinajstić information content (AvgIpc) is 2.40. The Bertz CT molecular complexity index is 539. The third-order valence-electron chi connectivity index (χ3n) is 4.19. The number of hydrogen-bond donors (Lipinski definition) is 1. The number of sulfonamides is 1. The number of benzene rings is 1. The molecule has 0 spiro atoms. The van der Waals surface area contributed by atoms with Gasteiger partial charge in [0.15, 0.2) is 0 Å². The number of nitrogens with zero attached hydrogens (tertiary/aromatic N) is 1. The van der Waals surface area contributed by atoms with Crippen LogP contribution in [0.15, 0.2) is 24.3 Å². The minimum atomic E-state index is -3.26. The summed E-state index contributed by atoms with van der Waals surface area (Å²) in [6.07, 6.45) is 4.27. The molecule has 2 unspecified atom stereocenters. The number of rotatable bonds is 4. The van der Waals surface area contributed by atoms with Gasteiger partial charge in [0.2, 0.25) is 10.0 Å². The lowest BCUT2D eigenvalue weighted by Gasteiger charge is -2.33. The van der Waals surface area contributed by atoms with E-state index in [4.69, 9.17) is 5.73 Å². The first-order valence-corrected chi connectivity index (χ1v) is 8.79. The predicted molar refractivity (Wildman–Crippen MR) is 82.7 cm³/mol. The fraction of sp³-hybridized carbons (Fsp3) is 0.600. The second kappa shape index (κ2) is 6.14. The van der Waals surface area contributed by atoms with Crippen molar-refractivity contribution in [3.8, 4) is 0 Å². The number of nitrogen functional groups attached to an aromatic ring is 1. The predicted octanol–water partition coefficient (Wildman–Crippen LogP) is 2.61. The lowest BCUT2D eigenvalue weighted by molar-refractivity contribution is 0.239. The van der Waals surface area contributed by atoms with Gasteiger partial charge >= 0.3 is 0 Å². The quantitative estimate of drug-likeness (QED) is 0.869. The molecule has 0 bridgehead atoms. The molecule has 5 heteroatoms. The van der Waals surface area contributed by atoms with E-state index < -0.39 is 10.0 Å². The van der Waals surface area contributed by atoms with Gasteiger partial charge in [-0.3, -0.25) is 0 Å². The molecule has 20 heavy (non-hydrogen) atoms. The molecule has 1 aromatic rings. The van der Waals surface area contributed by atoms with Crippen molar-refractivity contribution in [3.63, 3.8) is 0 Å². The van der Waals surface area contributed by atoms with Crippen molar-refractivity contribution >= 4 is 15.7 Å². The Labute approximate surface area is 122 Å². The molecule has 0 radical (unpaired) electrons. The first-order chi connectivity index (χ1) is 9.38. The second-order valence-corrected chi connectivity index (χ2v) is 7.97. The summed E-state index contributed by atoms with van der Waals surface area (Å²) >= 11 is 0. The van der Waals surface area contributed by atoms with E-state index in [2.05, 4.69) is 6.92 Å². The van der Waals surface area contributed by atoms with Crippen LogP contribution in [0.3, 0.4) is 0 Å². The molecule has 2 N–H and O–H groups in total. The second-order valence-electron chi connectivity index (χ2n) is 5.94. The molecule has 1 aliphatic rings. The highest BCUT2D eigenvalue weighted by atomic mass is 32.2. The fourth-order valence-electron chi connectivity index (χ4n) is 2.89. The number of anilines is 1. The highest BCUT2D eigenvalue weighted by Gasteiger charge is 2.29. The van der Waals surface area contributed by atoms with Crippen molar-refractivity contribution in [1.82, 2.24) is 4.31 Å². The van der Waals surface area contributed by atoms with E-state index in [9.17, 15) is 8.42 Å². The monoisotopic (exact) mass is 296 g/mol. The van der Waals surface area contributed by atoms with Gasteiger partial charge in [-0.2, -0.15) is 0 Å². The highest BCUT2D eigenvalue weighted by molar-refractivity contribution is 7.88. The first-order valence-electron chi connectivity index (χ1n) is 7.18. The maximum Gasteiger partial charge on any atom is 0.218 e. The third-order valence-corrected chi connectivity index (χ3v) is 6.06. The standard InChI is InChI=1S/C15H24N2O2S/c1-12-4-3-5-15(10-12)17(2)20(18,19)11-13-6-8-14(16)9-7-13/h6-9,12,15H,3-5,10-11,16H2,1-2H3. The zero-order valence-electron chi connectivity index (χ0n) is 12.2. The Kier molecular flexibility index (Phi) is 4.70. The summed E-state index contributed by atoms with van der Waals surface area (Å²) in [6.45, 7) is 2.20. The molecule has 4 nitrogen and oxygen atoms in total. The normalized spacial score (nSPS) is 23.9. The molecule has 112 valence electrons. The maximum atomic E-state index is 12.5. The Morgan fingerprint density at radius 2 is 1.90 bits per heavy atom. The molecule has 0 amide bonds. The van der Waals surface area contributed by atoms with Crippen molar-refractivity contribution in [1.29, 1.82) is 0 Å². The van der Waals surface area contributed by atoms with Crippen LogP contribution in [0.1, 0.15) is 38.2 Å². The first kappa shape index (κ1) is 15.3. The van der Waals surface area contributed by atoms with Gasteiger partial charge in [-0.1, -0.05) is 31.9 Å². The van der Waals surface area contributed by atoms with Crippen LogP contribution >= 0.6 is 0 Å². The van der Waals surface area contributed by atoms with Crippen molar-refractivity contribution < 1.29 is 8.42 Å². The smallest absolute Gasteiger partial charge is 0.218 e. The third kappa shape index (κ3) is 3.73. The van der Waals surface area contributed by atoms with Crippen molar-refractivity contribution in [2.45, 2.75) is 44.4 Å². The van der Waals surface area contributed by atoms with E-state index in [1.54, 1.807) is 35.6 Å². The molecule has 0 aromatic heterocycles. The summed E-state index contributed by atoms with van der Waals surface area (Å²) < 4.78 is 26.6. The zero-order chi connectivity index (χ0) is 14.8. The van der Waals surface area contributed by atoms with Crippen LogP contribution in [-0.2, 0) is 15.8 Å². The highest BCUT2D eigenvalue weighted by Crippen LogP contribution is 2.28. The average molecular weight is 296 g/mol. The SMILES string of the molecule is CC1CCCC(N(C)S(=O)(=O)Cc2ccc(N)cc2)C1. The molecular weight excluding hydrogens is 272 g/mol. The molecule has 0 aliphatic heterocycles. The fourth-order valence-corrected chi connectivity index (χ4v) is 4.35. The summed E-state index contributed by atoms with van der Waals surface area (Å²) in [7, 11) is -1.54. The van der Waals surface area contributed by atoms with Crippen LogP contribution in [0.2, 0.25) is 0 Å². The van der Waals surface area contributed by atoms with Gasteiger partial charge < -0.3 is 5.73 Å². The van der Waals surface area contributed by atoms with E-state index in [1.807, 2.05) is 0 Å². The van der Waals surface area contributed by atoms with Gasteiger partial charge in [0.1, 0.15) is 0 Å². The summed E-state index contributed by atoms with van der Waals surface area (Å²) in [5.41, 5.74) is 7.06. The number of hydrogen-bond acceptors (Lipinski definition) is 3. The topological polar surface area (TPSA) is 63.4 Å². The van der Waals surface area contributed by atoms with Crippen LogP contribution in [0.4, 0.5) is 5.69 Å². The van der Waals surface area contributed by atoms with E-state index in [1.165, 1.54) is 6.42 Å². The van der Waals surface area contributed by atoms with Crippen molar-refractivity contribution in [2.24, 2.45) is 5.92 Å². The minimum absolute atomic E-state index is 0.0503. The molecule has 1 saturated carbocycles. The summed E-state index contributed by atoms with van der Waals surface area (Å²) in [4.78, 5) is 0. The molecule has 2 rings (SSSR count). The summed E-state index contributed by atoms with van der Waals surface area (Å²) in [5.74, 6) is 0.664. The van der Waals surface area contributed by atoms with Gasteiger partial charge in [0, 0.05) is 18.8 Å². The summed E-state index contributed by atoms with van der Waals surface area (Å²) in [6, 6.07) is 7.20. The maximum absolute atomic E-state index is 12.5. The molecule has 0 saturated heterocycles. The van der Waals surface area contributed by atoms with E-state index in [0.717, 1.165) is 24.8 Å². The number of nitrogens with two attached hydrogens (primary N) is 1. The molecule has 1 fully saturated rings. The van der Waals surface area contributed by atoms with Crippen molar-refractivity contribution in [3.05, 3.63) is 29.8 Å². The molecule has 1 aromatic carbocycles.